The zero-order valence-corrected chi connectivity index (χ0v) is 16.0. The number of ether oxygens (including phenoxy) is 2. The molecule has 0 unspecified atom stereocenters. The molecule has 0 atom stereocenters. The Labute approximate surface area is 162 Å². The van der Waals surface area contributed by atoms with Gasteiger partial charge in [-0.3, -0.25) is 0 Å². The number of hydrogen-bond acceptors (Lipinski definition) is 3. The van der Waals surface area contributed by atoms with Gasteiger partial charge in [0.15, 0.2) is 11.7 Å². The van der Waals surface area contributed by atoms with E-state index < -0.39 is 6.36 Å². The van der Waals surface area contributed by atoms with Crippen LogP contribution >= 0.6 is 0 Å². The van der Waals surface area contributed by atoms with E-state index in [0.29, 0.717) is 6.61 Å². The smallest absolute Gasteiger partial charge is 0.404 e. The number of anilines is 1. The number of nitrogens with two attached hydrogens (primary N) is 1. The van der Waals surface area contributed by atoms with E-state index in [4.69, 9.17) is 10.5 Å². The van der Waals surface area contributed by atoms with Gasteiger partial charge in [0.2, 0.25) is 0 Å². The number of rotatable bonds is 6. The molecular formula is C20H24F3N3O2. The van der Waals surface area contributed by atoms with Crippen LogP contribution in [-0.4, -0.2) is 17.9 Å². The molecule has 2 aromatic carbocycles. The third-order valence-electron chi connectivity index (χ3n) is 3.47. The molecule has 3 N–H and O–H groups in total. The van der Waals surface area contributed by atoms with Crippen LogP contribution in [0.1, 0.15) is 31.9 Å². The van der Waals surface area contributed by atoms with Crippen LogP contribution in [0.2, 0.25) is 0 Å². The monoisotopic (exact) mass is 395 g/mol. The van der Waals surface area contributed by atoms with Crippen LogP contribution in [0.5, 0.6) is 5.75 Å². The predicted molar refractivity (Wildman–Crippen MR) is 103 cm³/mol. The Morgan fingerprint density at radius 2 is 1.71 bits per heavy atom. The normalized spacial score (nSPS) is 12.7. The number of para-hydroxylation sites is 2. The maximum absolute atomic E-state index is 12.5. The Kier molecular flexibility index (Phi) is 6.90. The van der Waals surface area contributed by atoms with Crippen molar-refractivity contribution in [2.75, 3.05) is 5.32 Å². The van der Waals surface area contributed by atoms with E-state index in [0.717, 1.165) is 11.1 Å². The molecule has 0 saturated carbocycles. The first-order chi connectivity index (χ1) is 13.0. The van der Waals surface area contributed by atoms with E-state index in [2.05, 4.69) is 15.0 Å². The quantitative estimate of drug-likeness (QED) is 0.543. The van der Waals surface area contributed by atoms with Crippen LogP contribution in [0.25, 0.3) is 0 Å². The second-order valence-electron chi connectivity index (χ2n) is 7.09. The second-order valence-corrected chi connectivity index (χ2v) is 7.09. The highest BCUT2D eigenvalue weighted by Crippen LogP contribution is 2.29. The average Bonchev–Trinajstić information content (AvgIpc) is 2.58. The average molecular weight is 395 g/mol. The Hall–Kier alpha value is -2.74. The van der Waals surface area contributed by atoms with Gasteiger partial charge >= 0.3 is 6.36 Å². The summed E-state index contributed by atoms with van der Waals surface area (Å²) in [4.78, 5) is 4.18. The van der Waals surface area contributed by atoms with Gasteiger partial charge in [0, 0.05) is 0 Å². The summed E-state index contributed by atoms with van der Waals surface area (Å²) in [6.07, 6.45) is -4.79. The SMILES string of the molecule is CC(C)(C)OCc1cccc(CN=C(N)Nc2ccccc2OC(F)(F)F)c1. The van der Waals surface area contributed by atoms with Crippen molar-refractivity contribution >= 4 is 11.6 Å². The third kappa shape index (κ3) is 7.87. The van der Waals surface area contributed by atoms with Gasteiger partial charge in [-0.25, -0.2) is 4.99 Å². The molecule has 0 fully saturated rings. The molecule has 152 valence electrons. The van der Waals surface area contributed by atoms with E-state index in [-0.39, 0.29) is 29.5 Å². The highest BCUT2D eigenvalue weighted by atomic mass is 19.4. The summed E-state index contributed by atoms with van der Waals surface area (Å²) in [5.74, 6) is -0.399. The van der Waals surface area contributed by atoms with Crippen molar-refractivity contribution in [2.24, 2.45) is 10.7 Å². The first kappa shape index (κ1) is 21.6. The number of aliphatic imine (C=N–C) groups is 1. The minimum absolute atomic E-state index is 0.0189. The van der Waals surface area contributed by atoms with Gasteiger partial charge in [-0.2, -0.15) is 0 Å². The summed E-state index contributed by atoms with van der Waals surface area (Å²) in [5.41, 5.74) is 7.55. The van der Waals surface area contributed by atoms with Gasteiger partial charge in [-0.15, -0.1) is 13.2 Å². The van der Waals surface area contributed by atoms with Crippen molar-refractivity contribution in [3.63, 3.8) is 0 Å². The molecule has 0 aromatic heterocycles. The lowest BCUT2D eigenvalue weighted by Gasteiger charge is -2.19. The predicted octanol–water partition coefficient (Wildman–Crippen LogP) is 4.83. The molecule has 2 rings (SSSR count). The molecule has 0 radical (unpaired) electrons. The second kappa shape index (κ2) is 8.97. The number of hydrogen-bond donors (Lipinski definition) is 2. The zero-order chi connectivity index (χ0) is 20.8. The van der Waals surface area contributed by atoms with Crippen molar-refractivity contribution in [1.29, 1.82) is 0 Å². The maximum Gasteiger partial charge on any atom is 0.573 e. The number of nitrogens with one attached hydrogen (secondary N) is 1. The van der Waals surface area contributed by atoms with E-state index in [1.54, 1.807) is 6.07 Å². The fraction of sp³-hybridized carbons (Fsp3) is 0.350. The Balaban J connectivity index is 2.02. The lowest BCUT2D eigenvalue weighted by Crippen LogP contribution is -2.24. The summed E-state index contributed by atoms with van der Waals surface area (Å²) in [5, 5.41) is 2.64. The molecule has 28 heavy (non-hydrogen) atoms. The minimum Gasteiger partial charge on any atom is -0.404 e. The lowest BCUT2D eigenvalue weighted by molar-refractivity contribution is -0.274. The third-order valence-corrected chi connectivity index (χ3v) is 3.47. The van der Waals surface area contributed by atoms with E-state index in [1.165, 1.54) is 18.2 Å². The van der Waals surface area contributed by atoms with Crippen LogP contribution in [0, 0.1) is 0 Å². The number of guanidine groups is 1. The molecule has 0 spiro atoms. The summed E-state index contributed by atoms with van der Waals surface area (Å²) < 4.78 is 47.2. The van der Waals surface area contributed by atoms with Gasteiger partial charge in [0.1, 0.15) is 0 Å². The topological polar surface area (TPSA) is 68.9 Å². The maximum atomic E-state index is 12.5. The molecule has 0 amide bonds. The highest BCUT2D eigenvalue weighted by Gasteiger charge is 2.32. The lowest BCUT2D eigenvalue weighted by atomic mass is 10.1. The van der Waals surface area contributed by atoms with Gasteiger partial charge in [0.25, 0.3) is 0 Å². The molecule has 0 saturated heterocycles. The molecule has 8 heteroatoms. The standard InChI is InChI=1S/C20H24F3N3O2/c1-19(2,3)27-13-15-8-6-7-14(11-15)12-25-18(24)26-16-9-4-5-10-17(16)28-20(21,22)23/h4-11H,12-13H2,1-3H3,(H3,24,25,26). The minimum atomic E-state index is -4.79. The highest BCUT2D eigenvalue weighted by molar-refractivity contribution is 5.93. The molecule has 0 bridgehead atoms. The van der Waals surface area contributed by atoms with Crippen LogP contribution in [0.3, 0.4) is 0 Å². The van der Waals surface area contributed by atoms with Crippen LogP contribution < -0.4 is 15.8 Å². The Bertz CT molecular complexity index is 815. The van der Waals surface area contributed by atoms with Gasteiger partial charge in [0.05, 0.1) is 24.4 Å². The number of benzene rings is 2. The number of halogens is 3. The summed E-state index contributed by atoms with van der Waals surface area (Å²) in [6.45, 7) is 6.68. The van der Waals surface area contributed by atoms with E-state index in [1.807, 2.05) is 45.0 Å². The van der Waals surface area contributed by atoms with Crippen LogP contribution in [-0.2, 0) is 17.9 Å². The first-order valence-corrected chi connectivity index (χ1v) is 8.65. The van der Waals surface area contributed by atoms with Gasteiger partial charge in [-0.05, 0) is 44.0 Å². The fourth-order valence-electron chi connectivity index (χ4n) is 2.26. The number of nitrogens with zero attached hydrogens (tertiary/aromatic N) is 1. The van der Waals surface area contributed by atoms with E-state index >= 15 is 0 Å². The van der Waals surface area contributed by atoms with Crippen molar-refractivity contribution in [1.82, 2.24) is 0 Å². The Morgan fingerprint density at radius 1 is 1.04 bits per heavy atom. The molecule has 0 heterocycles. The van der Waals surface area contributed by atoms with Gasteiger partial charge in [-0.1, -0.05) is 36.4 Å². The first-order valence-electron chi connectivity index (χ1n) is 8.65. The van der Waals surface area contributed by atoms with E-state index in [9.17, 15) is 13.2 Å². The molecular weight excluding hydrogens is 371 g/mol. The van der Waals surface area contributed by atoms with Crippen molar-refractivity contribution < 1.29 is 22.6 Å². The summed E-state index contributed by atoms with van der Waals surface area (Å²) in [6, 6.07) is 13.3. The van der Waals surface area contributed by atoms with Gasteiger partial charge < -0.3 is 20.5 Å². The zero-order valence-electron chi connectivity index (χ0n) is 16.0. The van der Waals surface area contributed by atoms with Crippen LogP contribution in [0.15, 0.2) is 53.5 Å². The molecule has 0 aliphatic heterocycles. The molecule has 5 nitrogen and oxygen atoms in total. The fourth-order valence-corrected chi connectivity index (χ4v) is 2.26. The number of alkyl halides is 3. The largest absolute Gasteiger partial charge is 0.573 e. The van der Waals surface area contributed by atoms with Crippen molar-refractivity contribution in [3.05, 3.63) is 59.7 Å². The van der Waals surface area contributed by atoms with Crippen molar-refractivity contribution in [3.8, 4) is 5.75 Å². The molecule has 0 aliphatic rings. The van der Waals surface area contributed by atoms with Crippen molar-refractivity contribution in [2.45, 2.75) is 45.9 Å². The molecule has 2 aromatic rings. The summed E-state index contributed by atoms with van der Waals surface area (Å²) in [7, 11) is 0. The molecule has 0 aliphatic carbocycles. The Morgan fingerprint density at radius 3 is 2.39 bits per heavy atom. The van der Waals surface area contributed by atoms with Crippen LogP contribution in [0.4, 0.5) is 18.9 Å². The summed E-state index contributed by atoms with van der Waals surface area (Å²) >= 11 is 0.